The van der Waals surface area contributed by atoms with E-state index in [0.717, 1.165) is 43.8 Å². The molecule has 2 aromatic heterocycles. The van der Waals surface area contributed by atoms with Crippen LogP contribution in [0.25, 0.3) is 10.2 Å². The molecule has 25 heavy (non-hydrogen) atoms. The molecule has 1 unspecified atom stereocenters. The van der Waals surface area contributed by atoms with Gasteiger partial charge in [0.25, 0.3) is 5.91 Å². The fraction of sp³-hybridized carbons (Fsp3) is 0.368. The van der Waals surface area contributed by atoms with Crippen LogP contribution in [0, 0.1) is 6.92 Å². The number of hydrogen-bond donors (Lipinski definition) is 0. The summed E-state index contributed by atoms with van der Waals surface area (Å²) in [7, 11) is 1.92. The first kappa shape index (κ1) is 18.1. The van der Waals surface area contributed by atoms with Gasteiger partial charge in [-0.1, -0.05) is 41.1 Å². The number of amides is 1. The summed E-state index contributed by atoms with van der Waals surface area (Å²) in [4.78, 5) is 17.0. The zero-order valence-corrected chi connectivity index (χ0v) is 17.3. The molecule has 3 rings (SSSR count). The summed E-state index contributed by atoms with van der Waals surface area (Å²) in [5.41, 5.74) is 2.09. The average Bonchev–Trinajstić information content (AvgIpc) is 3.14. The predicted octanol–water partition coefficient (Wildman–Crippen LogP) is 5.32. The number of hydrogen-bond acceptors (Lipinski definition) is 3. The second-order valence-electron chi connectivity index (χ2n) is 6.23. The molecular weight excluding hydrogens is 398 g/mol. The third kappa shape index (κ3) is 3.37. The van der Waals surface area contributed by atoms with Gasteiger partial charge in [0.2, 0.25) is 0 Å². The standard InChI is InChI=1S/C19H22BrN3OS/c1-5-10-23(13(3)14-8-6-7-9-16(14)20)18(24)17-11-15-12(2)21-22(4)19(15)25-17/h6-9,11,13H,5,10H2,1-4H3. The molecule has 0 saturated heterocycles. The van der Waals surface area contributed by atoms with E-state index < -0.39 is 0 Å². The van der Waals surface area contributed by atoms with Crippen LogP contribution in [-0.2, 0) is 7.05 Å². The highest BCUT2D eigenvalue weighted by atomic mass is 79.9. The Kier molecular flexibility index (Phi) is 5.29. The molecule has 0 aliphatic carbocycles. The molecule has 1 atom stereocenters. The summed E-state index contributed by atoms with van der Waals surface area (Å²) < 4.78 is 2.89. The molecule has 1 amide bonds. The summed E-state index contributed by atoms with van der Waals surface area (Å²) >= 11 is 5.14. The van der Waals surface area contributed by atoms with E-state index in [1.807, 2.05) is 47.8 Å². The largest absolute Gasteiger partial charge is 0.331 e. The predicted molar refractivity (Wildman–Crippen MR) is 107 cm³/mol. The van der Waals surface area contributed by atoms with Gasteiger partial charge in [-0.25, -0.2) is 0 Å². The van der Waals surface area contributed by atoms with E-state index in [1.54, 1.807) is 0 Å². The second kappa shape index (κ2) is 7.30. The molecule has 0 saturated carbocycles. The van der Waals surface area contributed by atoms with Gasteiger partial charge in [-0.3, -0.25) is 9.48 Å². The zero-order valence-electron chi connectivity index (χ0n) is 14.9. The fourth-order valence-corrected chi connectivity index (χ4v) is 4.84. The molecule has 0 spiro atoms. The van der Waals surface area contributed by atoms with Gasteiger partial charge in [0.05, 0.1) is 16.6 Å². The Bertz CT molecular complexity index is 880. The van der Waals surface area contributed by atoms with Crippen LogP contribution in [0.5, 0.6) is 0 Å². The molecule has 0 bridgehead atoms. The first-order valence-electron chi connectivity index (χ1n) is 8.42. The molecule has 0 N–H and O–H groups in total. The van der Waals surface area contributed by atoms with Crippen molar-refractivity contribution >= 4 is 43.4 Å². The third-order valence-corrected chi connectivity index (χ3v) is 6.37. The number of rotatable bonds is 5. The van der Waals surface area contributed by atoms with Crippen molar-refractivity contribution in [1.29, 1.82) is 0 Å². The summed E-state index contributed by atoms with van der Waals surface area (Å²) in [5.74, 6) is 0.0886. The number of halogens is 1. The zero-order chi connectivity index (χ0) is 18.1. The molecular formula is C19H22BrN3OS. The molecule has 1 aromatic carbocycles. The Morgan fingerprint density at radius 2 is 2.12 bits per heavy atom. The Balaban J connectivity index is 1.97. The fourth-order valence-electron chi connectivity index (χ4n) is 3.15. The Hall–Kier alpha value is -1.66. The van der Waals surface area contributed by atoms with E-state index in [2.05, 4.69) is 40.9 Å². The summed E-state index contributed by atoms with van der Waals surface area (Å²) in [6.07, 6.45) is 0.923. The van der Waals surface area contributed by atoms with Crippen molar-refractivity contribution < 1.29 is 4.79 Å². The lowest BCUT2D eigenvalue weighted by Gasteiger charge is -2.29. The van der Waals surface area contributed by atoms with Crippen molar-refractivity contribution in [3.63, 3.8) is 0 Å². The van der Waals surface area contributed by atoms with Crippen LogP contribution in [0.4, 0.5) is 0 Å². The first-order chi connectivity index (χ1) is 11.9. The molecule has 0 aliphatic heterocycles. The van der Waals surface area contributed by atoms with Crippen molar-refractivity contribution in [1.82, 2.24) is 14.7 Å². The molecule has 4 nitrogen and oxygen atoms in total. The highest BCUT2D eigenvalue weighted by molar-refractivity contribution is 9.10. The number of carbonyl (C=O) groups excluding carboxylic acids is 1. The van der Waals surface area contributed by atoms with Crippen LogP contribution in [0.2, 0.25) is 0 Å². The summed E-state index contributed by atoms with van der Waals surface area (Å²) in [6, 6.07) is 10.1. The third-order valence-electron chi connectivity index (χ3n) is 4.46. The molecule has 0 radical (unpaired) electrons. The van der Waals surface area contributed by atoms with Crippen molar-refractivity contribution in [3.05, 3.63) is 50.9 Å². The van der Waals surface area contributed by atoms with Gasteiger partial charge in [0.15, 0.2) is 0 Å². The summed E-state index contributed by atoms with van der Waals surface area (Å²) in [5, 5.41) is 5.49. The van der Waals surface area contributed by atoms with E-state index in [4.69, 9.17) is 0 Å². The average molecular weight is 420 g/mol. The Morgan fingerprint density at radius 1 is 1.40 bits per heavy atom. The highest BCUT2D eigenvalue weighted by Crippen LogP contribution is 2.32. The van der Waals surface area contributed by atoms with Gasteiger partial charge in [0.1, 0.15) is 4.83 Å². The Morgan fingerprint density at radius 3 is 2.76 bits per heavy atom. The van der Waals surface area contributed by atoms with Crippen molar-refractivity contribution in [2.75, 3.05) is 6.54 Å². The van der Waals surface area contributed by atoms with Crippen LogP contribution >= 0.6 is 27.3 Å². The minimum absolute atomic E-state index is 0.00691. The van der Waals surface area contributed by atoms with Crippen LogP contribution in [0.15, 0.2) is 34.8 Å². The SMILES string of the molecule is CCCN(C(=O)c1cc2c(C)nn(C)c2s1)C(C)c1ccccc1Br. The lowest BCUT2D eigenvalue weighted by molar-refractivity contribution is 0.0695. The maximum absolute atomic E-state index is 13.2. The quantitative estimate of drug-likeness (QED) is 0.561. The molecule has 6 heteroatoms. The number of carbonyl (C=O) groups is 1. The minimum atomic E-state index is 0.00691. The lowest BCUT2D eigenvalue weighted by Crippen LogP contribution is -2.34. The van der Waals surface area contributed by atoms with Crippen molar-refractivity contribution in [2.24, 2.45) is 7.05 Å². The van der Waals surface area contributed by atoms with E-state index >= 15 is 0 Å². The van der Waals surface area contributed by atoms with Crippen molar-refractivity contribution in [3.8, 4) is 0 Å². The summed E-state index contributed by atoms with van der Waals surface area (Å²) in [6.45, 7) is 6.91. The molecule has 0 aliphatic rings. The number of fused-ring (bicyclic) bond motifs is 1. The van der Waals surface area contributed by atoms with E-state index in [0.29, 0.717) is 0 Å². The van der Waals surface area contributed by atoms with Gasteiger partial charge >= 0.3 is 0 Å². The van der Waals surface area contributed by atoms with Gasteiger partial charge in [-0.15, -0.1) is 11.3 Å². The number of aromatic nitrogens is 2. The van der Waals surface area contributed by atoms with E-state index in [1.165, 1.54) is 11.3 Å². The molecule has 3 aromatic rings. The van der Waals surface area contributed by atoms with Gasteiger partial charge in [-0.05, 0) is 38.0 Å². The van der Waals surface area contributed by atoms with E-state index in [9.17, 15) is 4.79 Å². The van der Waals surface area contributed by atoms with Crippen LogP contribution in [-0.4, -0.2) is 27.1 Å². The number of benzene rings is 1. The van der Waals surface area contributed by atoms with E-state index in [-0.39, 0.29) is 11.9 Å². The maximum atomic E-state index is 13.2. The van der Waals surface area contributed by atoms with Crippen LogP contribution < -0.4 is 0 Å². The first-order valence-corrected chi connectivity index (χ1v) is 10.0. The molecule has 0 fully saturated rings. The number of thiophene rings is 1. The van der Waals surface area contributed by atoms with Gasteiger partial charge in [0, 0.05) is 23.5 Å². The topological polar surface area (TPSA) is 38.1 Å². The maximum Gasteiger partial charge on any atom is 0.264 e. The number of nitrogens with zero attached hydrogens (tertiary/aromatic N) is 3. The van der Waals surface area contributed by atoms with Crippen LogP contribution in [0.1, 0.15) is 47.2 Å². The molecule has 132 valence electrons. The highest BCUT2D eigenvalue weighted by Gasteiger charge is 2.25. The second-order valence-corrected chi connectivity index (χ2v) is 8.12. The van der Waals surface area contributed by atoms with Gasteiger partial charge in [-0.2, -0.15) is 5.10 Å². The van der Waals surface area contributed by atoms with Crippen LogP contribution in [0.3, 0.4) is 0 Å². The smallest absolute Gasteiger partial charge is 0.264 e. The number of aryl methyl sites for hydroxylation is 2. The monoisotopic (exact) mass is 419 g/mol. The minimum Gasteiger partial charge on any atom is -0.331 e. The van der Waals surface area contributed by atoms with Crippen molar-refractivity contribution in [2.45, 2.75) is 33.2 Å². The molecule has 2 heterocycles. The normalized spacial score (nSPS) is 12.5. The lowest BCUT2D eigenvalue weighted by atomic mass is 10.1. The Labute approximate surface area is 160 Å². The van der Waals surface area contributed by atoms with Gasteiger partial charge < -0.3 is 4.90 Å².